The Morgan fingerprint density at radius 3 is 2.56 bits per heavy atom. The van der Waals surface area contributed by atoms with Gasteiger partial charge in [0.2, 0.25) is 5.95 Å². The zero-order valence-corrected chi connectivity index (χ0v) is 14.2. The average Bonchev–Trinajstić information content (AvgIpc) is 2.63. The molecule has 0 unspecified atom stereocenters. The van der Waals surface area contributed by atoms with Crippen molar-refractivity contribution in [1.29, 1.82) is 5.26 Å². The van der Waals surface area contributed by atoms with E-state index in [1.807, 2.05) is 6.07 Å². The summed E-state index contributed by atoms with van der Waals surface area (Å²) in [6.45, 7) is 0. The fraction of sp³-hybridized carbons (Fsp3) is 0.0588. The number of benzene rings is 2. The normalized spacial score (nSPS) is 10.9. The zero-order chi connectivity index (χ0) is 19.4. The van der Waals surface area contributed by atoms with Crippen molar-refractivity contribution in [3.8, 4) is 6.07 Å². The van der Waals surface area contributed by atoms with Gasteiger partial charge in [-0.1, -0.05) is 23.7 Å². The van der Waals surface area contributed by atoms with Crippen molar-refractivity contribution in [3.63, 3.8) is 0 Å². The molecular formula is C17H10ClF3N6. The number of rotatable bonds is 4. The van der Waals surface area contributed by atoms with Gasteiger partial charge in [0.1, 0.15) is 6.07 Å². The van der Waals surface area contributed by atoms with Crippen LogP contribution in [0.4, 0.5) is 36.3 Å². The van der Waals surface area contributed by atoms with Crippen molar-refractivity contribution in [3.05, 3.63) is 64.8 Å². The number of aromatic nitrogens is 3. The van der Waals surface area contributed by atoms with Gasteiger partial charge in [0, 0.05) is 5.02 Å². The van der Waals surface area contributed by atoms with Gasteiger partial charge in [0.25, 0.3) is 0 Å². The number of anilines is 4. The van der Waals surface area contributed by atoms with Crippen LogP contribution in [-0.4, -0.2) is 15.2 Å². The van der Waals surface area contributed by atoms with E-state index in [2.05, 4.69) is 25.8 Å². The smallest absolute Gasteiger partial charge is 0.338 e. The van der Waals surface area contributed by atoms with Gasteiger partial charge in [0.05, 0.1) is 28.7 Å². The topological polar surface area (TPSA) is 86.5 Å². The lowest BCUT2D eigenvalue weighted by Crippen LogP contribution is -2.10. The van der Waals surface area contributed by atoms with Crippen molar-refractivity contribution < 1.29 is 13.2 Å². The number of nitriles is 1. The Labute approximate surface area is 156 Å². The molecule has 0 atom stereocenters. The van der Waals surface area contributed by atoms with Crippen molar-refractivity contribution >= 4 is 34.7 Å². The molecule has 3 aromatic rings. The van der Waals surface area contributed by atoms with E-state index in [4.69, 9.17) is 16.9 Å². The Hall–Kier alpha value is -3.38. The summed E-state index contributed by atoms with van der Waals surface area (Å²) in [6.07, 6.45) is -3.42. The Balaban J connectivity index is 1.88. The van der Waals surface area contributed by atoms with Gasteiger partial charge < -0.3 is 10.6 Å². The van der Waals surface area contributed by atoms with Crippen LogP contribution in [0.15, 0.2) is 48.7 Å². The highest BCUT2D eigenvalue weighted by atomic mass is 35.5. The van der Waals surface area contributed by atoms with Crippen LogP contribution in [-0.2, 0) is 6.18 Å². The first-order valence-corrected chi connectivity index (χ1v) is 7.84. The third kappa shape index (κ3) is 4.43. The molecule has 0 amide bonds. The van der Waals surface area contributed by atoms with E-state index < -0.39 is 11.7 Å². The maximum Gasteiger partial charge on any atom is 0.418 e. The minimum atomic E-state index is -4.60. The maximum atomic E-state index is 13.2. The van der Waals surface area contributed by atoms with E-state index in [1.165, 1.54) is 18.3 Å². The van der Waals surface area contributed by atoms with Crippen molar-refractivity contribution in [2.24, 2.45) is 0 Å². The van der Waals surface area contributed by atoms with E-state index in [0.717, 1.165) is 6.07 Å². The number of nitrogens with one attached hydrogen (secondary N) is 2. The predicted molar refractivity (Wildman–Crippen MR) is 94.0 cm³/mol. The molecule has 27 heavy (non-hydrogen) atoms. The molecule has 0 bridgehead atoms. The summed E-state index contributed by atoms with van der Waals surface area (Å²) in [5.41, 5.74) is -0.355. The lowest BCUT2D eigenvalue weighted by molar-refractivity contribution is -0.136. The van der Waals surface area contributed by atoms with Gasteiger partial charge in [0.15, 0.2) is 5.82 Å². The number of nitrogens with zero attached hydrogens (tertiary/aromatic N) is 4. The second kappa shape index (κ2) is 7.47. The molecule has 0 spiro atoms. The van der Waals surface area contributed by atoms with E-state index in [0.29, 0.717) is 11.3 Å². The minimum Gasteiger partial charge on any atom is -0.338 e. The first kappa shape index (κ1) is 18.4. The largest absolute Gasteiger partial charge is 0.418 e. The molecule has 2 N–H and O–H groups in total. The molecular weight excluding hydrogens is 381 g/mol. The third-order valence-electron chi connectivity index (χ3n) is 3.40. The van der Waals surface area contributed by atoms with Gasteiger partial charge in [-0.25, -0.2) is 0 Å². The summed E-state index contributed by atoms with van der Waals surface area (Å²) in [7, 11) is 0. The molecule has 0 radical (unpaired) electrons. The van der Waals surface area contributed by atoms with Crippen LogP contribution in [0.5, 0.6) is 0 Å². The molecule has 0 saturated carbocycles. The van der Waals surface area contributed by atoms with Gasteiger partial charge in [-0.05, 0) is 30.3 Å². The number of alkyl halides is 3. The fourth-order valence-corrected chi connectivity index (χ4v) is 2.40. The molecule has 0 saturated heterocycles. The Bertz CT molecular complexity index is 1020. The molecule has 0 fully saturated rings. The summed E-state index contributed by atoms with van der Waals surface area (Å²) >= 11 is 5.67. The van der Waals surface area contributed by atoms with E-state index in [-0.39, 0.29) is 22.5 Å². The van der Waals surface area contributed by atoms with Crippen molar-refractivity contribution in [2.75, 3.05) is 10.6 Å². The summed E-state index contributed by atoms with van der Waals surface area (Å²) in [5.74, 6) is 0.0555. The molecule has 3 rings (SSSR count). The average molecular weight is 391 g/mol. The van der Waals surface area contributed by atoms with E-state index in [1.54, 1.807) is 24.3 Å². The lowest BCUT2D eigenvalue weighted by atomic mass is 10.1. The van der Waals surface area contributed by atoms with Crippen LogP contribution in [0.1, 0.15) is 11.1 Å². The van der Waals surface area contributed by atoms with Crippen LogP contribution in [0.3, 0.4) is 0 Å². The minimum absolute atomic E-state index is 0.0187. The summed E-state index contributed by atoms with van der Waals surface area (Å²) in [4.78, 5) is 4.08. The first-order valence-electron chi connectivity index (χ1n) is 7.46. The Kier molecular flexibility index (Phi) is 5.09. The molecule has 6 nitrogen and oxygen atoms in total. The van der Waals surface area contributed by atoms with Crippen LogP contribution < -0.4 is 10.6 Å². The second-order valence-corrected chi connectivity index (χ2v) is 5.70. The Morgan fingerprint density at radius 2 is 1.81 bits per heavy atom. The molecule has 0 aliphatic heterocycles. The first-order chi connectivity index (χ1) is 12.9. The predicted octanol–water partition coefficient (Wildman–Crippen LogP) is 4.90. The Morgan fingerprint density at radius 1 is 1.04 bits per heavy atom. The number of hydrogen-bond acceptors (Lipinski definition) is 6. The summed E-state index contributed by atoms with van der Waals surface area (Å²) < 4.78 is 39.6. The lowest BCUT2D eigenvalue weighted by Gasteiger charge is -2.14. The molecule has 1 heterocycles. The third-order valence-corrected chi connectivity index (χ3v) is 3.64. The van der Waals surface area contributed by atoms with Crippen LogP contribution in [0.2, 0.25) is 5.02 Å². The van der Waals surface area contributed by atoms with Crippen LogP contribution >= 0.6 is 11.6 Å². The number of halogens is 4. The highest BCUT2D eigenvalue weighted by molar-refractivity contribution is 6.30. The summed E-state index contributed by atoms with van der Waals surface area (Å²) in [5, 5.41) is 21.9. The van der Waals surface area contributed by atoms with Crippen molar-refractivity contribution in [2.45, 2.75) is 6.18 Å². The fourth-order valence-electron chi connectivity index (χ4n) is 2.22. The summed E-state index contributed by atoms with van der Waals surface area (Å²) in [6, 6.07) is 12.0. The molecule has 136 valence electrons. The standard InChI is InChI=1S/C17H10ClF3N6/c18-11-5-6-14(12(7-11)17(19,20)21)24-15-9-23-27-16(26-15)25-13-4-2-1-3-10(13)8-22/h1-7,9H,(H2,24,25,26,27). The van der Waals surface area contributed by atoms with Gasteiger partial charge in [-0.2, -0.15) is 28.5 Å². The highest BCUT2D eigenvalue weighted by Gasteiger charge is 2.34. The van der Waals surface area contributed by atoms with Crippen LogP contribution in [0, 0.1) is 11.3 Å². The maximum absolute atomic E-state index is 13.2. The molecule has 10 heteroatoms. The van der Waals surface area contributed by atoms with Crippen LogP contribution in [0.25, 0.3) is 0 Å². The van der Waals surface area contributed by atoms with Gasteiger partial charge in [-0.3, -0.25) is 0 Å². The van der Waals surface area contributed by atoms with E-state index in [9.17, 15) is 13.2 Å². The zero-order valence-electron chi connectivity index (χ0n) is 13.4. The number of para-hydroxylation sites is 1. The van der Waals surface area contributed by atoms with E-state index >= 15 is 0 Å². The SMILES string of the molecule is N#Cc1ccccc1Nc1nncc(Nc2ccc(Cl)cc2C(F)(F)F)n1. The molecule has 0 aliphatic rings. The number of hydrogen-bond donors (Lipinski definition) is 2. The monoisotopic (exact) mass is 390 g/mol. The quantitative estimate of drug-likeness (QED) is 0.658. The second-order valence-electron chi connectivity index (χ2n) is 5.26. The molecule has 0 aliphatic carbocycles. The highest BCUT2D eigenvalue weighted by Crippen LogP contribution is 2.37. The van der Waals surface area contributed by atoms with Gasteiger partial charge in [-0.15, -0.1) is 5.10 Å². The molecule has 1 aromatic heterocycles. The van der Waals surface area contributed by atoms with Crippen molar-refractivity contribution in [1.82, 2.24) is 15.2 Å². The van der Waals surface area contributed by atoms with Gasteiger partial charge >= 0.3 is 6.18 Å². The molecule has 2 aromatic carbocycles.